The second-order valence-electron chi connectivity index (χ2n) is 7.89. The Morgan fingerprint density at radius 2 is 1.72 bits per heavy atom. The first-order valence-electron chi connectivity index (χ1n) is 11.3. The first-order chi connectivity index (χ1) is 17.6. The van der Waals surface area contributed by atoms with Crippen molar-refractivity contribution in [3.63, 3.8) is 0 Å². The van der Waals surface area contributed by atoms with E-state index in [1.807, 2.05) is 48.5 Å². The second-order valence-corrected chi connectivity index (χ2v) is 9.31. The standard InChI is InChI=1S/C27H23ClN2O5S/c1-32-18-8-10-19(11-9-18)34-12-5-13-35-25-20(28)14-17(15-23(25)33-2)16-24-26(31)30-22-7-4-3-6-21(22)29-27(30)36-24/h3-4,6-11,14-16H,5,12-13H2,1-2H3/b24-16-. The Hall–Kier alpha value is -3.75. The summed E-state index contributed by atoms with van der Waals surface area (Å²) < 4.78 is 24.5. The van der Waals surface area contributed by atoms with Crippen molar-refractivity contribution in [1.82, 2.24) is 9.38 Å². The van der Waals surface area contributed by atoms with Gasteiger partial charge in [0, 0.05) is 6.42 Å². The molecule has 0 bridgehead atoms. The molecular weight excluding hydrogens is 500 g/mol. The van der Waals surface area contributed by atoms with Gasteiger partial charge in [-0.15, -0.1) is 0 Å². The Balaban J connectivity index is 1.29. The van der Waals surface area contributed by atoms with Gasteiger partial charge in [0.2, 0.25) is 0 Å². The molecule has 5 rings (SSSR count). The first kappa shape index (κ1) is 24.0. The third-order valence-electron chi connectivity index (χ3n) is 5.56. The van der Waals surface area contributed by atoms with Crippen molar-refractivity contribution in [1.29, 1.82) is 0 Å². The van der Waals surface area contributed by atoms with Gasteiger partial charge in [-0.25, -0.2) is 9.38 Å². The number of hydrogen-bond acceptors (Lipinski definition) is 7. The zero-order valence-corrected chi connectivity index (χ0v) is 21.3. The number of ether oxygens (including phenoxy) is 4. The SMILES string of the molecule is COc1ccc(OCCCOc2c(Cl)cc(/C=c3\sc4nc5ccccc5n4c3=O)cc2OC)cc1. The van der Waals surface area contributed by atoms with E-state index < -0.39 is 0 Å². The van der Waals surface area contributed by atoms with E-state index in [1.165, 1.54) is 11.3 Å². The molecule has 36 heavy (non-hydrogen) atoms. The van der Waals surface area contributed by atoms with Crippen LogP contribution in [0.2, 0.25) is 5.02 Å². The molecule has 0 N–H and O–H groups in total. The van der Waals surface area contributed by atoms with Gasteiger partial charge >= 0.3 is 0 Å². The molecule has 0 amide bonds. The summed E-state index contributed by atoms with van der Waals surface area (Å²) in [7, 11) is 3.18. The molecule has 0 aliphatic rings. The number of benzene rings is 3. The summed E-state index contributed by atoms with van der Waals surface area (Å²) in [6.45, 7) is 0.883. The first-order valence-corrected chi connectivity index (χ1v) is 12.5. The average molecular weight is 523 g/mol. The fourth-order valence-electron chi connectivity index (χ4n) is 3.82. The van der Waals surface area contributed by atoms with E-state index >= 15 is 0 Å². The van der Waals surface area contributed by atoms with Crippen molar-refractivity contribution in [3.8, 4) is 23.0 Å². The van der Waals surface area contributed by atoms with Crippen LogP contribution in [0.15, 0.2) is 65.5 Å². The maximum absolute atomic E-state index is 13.0. The summed E-state index contributed by atoms with van der Waals surface area (Å²) >= 11 is 7.87. The zero-order chi connectivity index (χ0) is 25.1. The number of hydrogen-bond donors (Lipinski definition) is 0. The summed E-state index contributed by atoms with van der Waals surface area (Å²) in [5.74, 6) is 2.49. The van der Waals surface area contributed by atoms with Gasteiger partial charge in [-0.3, -0.25) is 4.79 Å². The van der Waals surface area contributed by atoms with Crippen molar-refractivity contribution >= 4 is 45.0 Å². The molecule has 5 aromatic rings. The molecule has 7 nitrogen and oxygen atoms in total. The van der Waals surface area contributed by atoms with Crippen LogP contribution in [0.25, 0.3) is 22.1 Å². The fraction of sp³-hybridized carbons (Fsp3) is 0.185. The van der Waals surface area contributed by atoms with Crippen molar-refractivity contribution in [3.05, 3.63) is 86.1 Å². The Labute approximate surface area is 216 Å². The zero-order valence-electron chi connectivity index (χ0n) is 19.7. The molecule has 0 saturated carbocycles. The minimum absolute atomic E-state index is 0.115. The molecule has 0 radical (unpaired) electrons. The number of methoxy groups -OCH3 is 2. The van der Waals surface area contributed by atoms with Gasteiger partial charge in [0.25, 0.3) is 5.56 Å². The number of rotatable bonds is 9. The molecule has 3 aromatic carbocycles. The summed E-state index contributed by atoms with van der Waals surface area (Å²) in [5, 5.41) is 0.399. The van der Waals surface area contributed by atoms with Gasteiger partial charge in [-0.05, 0) is 60.2 Å². The van der Waals surface area contributed by atoms with Crippen LogP contribution in [0.5, 0.6) is 23.0 Å². The fourth-order valence-corrected chi connectivity index (χ4v) is 5.08. The predicted molar refractivity (Wildman–Crippen MR) is 142 cm³/mol. The lowest BCUT2D eigenvalue weighted by atomic mass is 10.2. The Morgan fingerprint density at radius 1 is 0.972 bits per heavy atom. The minimum atomic E-state index is -0.115. The van der Waals surface area contributed by atoms with E-state index in [0.29, 0.717) is 45.6 Å². The van der Waals surface area contributed by atoms with E-state index in [9.17, 15) is 4.79 Å². The highest BCUT2D eigenvalue weighted by molar-refractivity contribution is 7.15. The maximum Gasteiger partial charge on any atom is 0.274 e. The molecular formula is C27H23ClN2O5S. The van der Waals surface area contributed by atoms with Crippen LogP contribution >= 0.6 is 22.9 Å². The van der Waals surface area contributed by atoms with Crippen LogP contribution in [0.1, 0.15) is 12.0 Å². The van der Waals surface area contributed by atoms with Crippen molar-refractivity contribution in [2.24, 2.45) is 0 Å². The summed E-state index contributed by atoms with van der Waals surface area (Å²) in [6, 6.07) is 18.6. The number of para-hydroxylation sites is 2. The highest BCUT2D eigenvalue weighted by Gasteiger charge is 2.14. The smallest absolute Gasteiger partial charge is 0.274 e. The lowest BCUT2D eigenvalue weighted by Gasteiger charge is -2.13. The van der Waals surface area contributed by atoms with Gasteiger partial charge in [-0.2, -0.15) is 0 Å². The molecule has 0 unspecified atom stereocenters. The van der Waals surface area contributed by atoms with Gasteiger partial charge in [-0.1, -0.05) is 35.1 Å². The lowest BCUT2D eigenvalue weighted by Crippen LogP contribution is -2.22. The third kappa shape index (κ3) is 4.82. The monoisotopic (exact) mass is 522 g/mol. The Kier molecular flexibility index (Phi) is 6.97. The van der Waals surface area contributed by atoms with Crippen LogP contribution in [-0.2, 0) is 0 Å². The van der Waals surface area contributed by atoms with Gasteiger partial charge in [0.05, 0.1) is 48.0 Å². The molecule has 0 aliphatic heterocycles. The molecule has 0 fully saturated rings. The summed E-state index contributed by atoms with van der Waals surface area (Å²) in [6.07, 6.45) is 2.44. The third-order valence-corrected chi connectivity index (χ3v) is 6.81. The quantitative estimate of drug-likeness (QED) is 0.254. The predicted octanol–water partition coefficient (Wildman–Crippen LogP) is 4.98. The van der Waals surface area contributed by atoms with E-state index in [4.69, 9.17) is 30.5 Å². The van der Waals surface area contributed by atoms with E-state index in [0.717, 1.165) is 28.1 Å². The molecule has 9 heteroatoms. The van der Waals surface area contributed by atoms with Crippen LogP contribution in [0, 0.1) is 0 Å². The van der Waals surface area contributed by atoms with Crippen LogP contribution in [0.3, 0.4) is 0 Å². The number of imidazole rings is 1. The molecule has 0 atom stereocenters. The van der Waals surface area contributed by atoms with Gasteiger partial charge in [0.1, 0.15) is 11.5 Å². The van der Waals surface area contributed by atoms with E-state index in [1.54, 1.807) is 36.8 Å². The summed E-state index contributed by atoms with van der Waals surface area (Å²) in [4.78, 5) is 18.3. The molecule has 0 spiro atoms. The van der Waals surface area contributed by atoms with E-state index in [2.05, 4.69) is 4.98 Å². The molecule has 2 heterocycles. The average Bonchev–Trinajstić information content (AvgIpc) is 3.40. The highest BCUT2D eigenvalue weighted by Crippen LogP contribution is 2.36. The van der Waals surface area contributed by atoms with Crippen molar-refractivity contribution in [2.75, 3.05) is 27.4 Å². The van der Waals surface area contributed by atoms with E-state index in [-0.39, 0.29) is 5.56 Å². The molecule has 2 aromatic heterocycles. The number of aromatic nitrogens is 2. The van der Waals surface area contributed by atoms with Gasteiger partial charge in [0.15, 0.2) is 16.5 Å². The molecule has 0 aliphatic carbocycles. The second kappa shape index (κ2) is 10.5. The number of nitrogens with zero attached hydrogens (tertiary/aromatic N) is 2. The molecule has 0 saturated heterocycles. The Morgan fingerprint density at radius 3 is 2.50 bits per heavy atom. The number of fused-ring (bicyclic) bond motifs is 3. The normalized spacial score (nSPS) is 11.8. The largest absolute Gasteiger partial charge is 0.497 e. The van der Waals surface area contributed by atoms with Crippen LogP contribution in [0.4, 0.5) is 0 Å². The topological polar surface area (TPSA) is 71.3 Å². The van der Waals surface area contributed by atoms with Crippen molar-refractivity contribution in [2.45, 2.75) is 6.42 Å². The van der Waals surface area contributed by atoms with Crippen LogP contribution in [-0.4, -0.2) is 36.8 Å². The lowest BCUT2D eigenvalue weighted by molar-refractivity contribution is 0.240. The minimum Gasteiger partial charge on any atom is -0.497 e. The summed E-state index contributed by atoms with van der Waals surface area (Å²) in [5.41, 5.74) is 2.21. The maximum atomic E-state index is 13.0. The molecule has 184 valence electrons. The van der Waals surface area contributed by atoms with Gasteiger partial charge < -0.3 is 18.9 Å². The highest BCUT2D eigenvalue weighted by atomic mass is 35.5. The number of halogens is 1. The van der Waals surface area contributed by atoms with Crippen molar-refractivity contribution < 1.29 is 18.9 Å². The Bertz CT molecular complexity index is 1630. The number of thiazole rings is 1. The van der Waals surface area contributed by atoms with Crippen LogP contribution < -0.4 is 29.0 Å².